The van der Waals surface area contributed by atoms with Crippen molar-refractivity contribution in [1.82, 2.24) is 14.8 Å². The first-order valence-electron chi connectivity index (χ1n) is 8.62. The lowest BCUT2D eigenvalue weighted by Gasteiger charge is -2.38. The number of hydrogen-bond acceptors (Lipinski definition) is 8. The van der Waals surface area contributed by atoms with E-state index in [0.29, 0.717) is 38.5 Å². The van der Waals surface area contributed by atoms with E-state index in [1.807, 2.05) is 0 Å². The molecule has 0 N–H and O–H groups in total. The minimum Gasteiger partial charge on any atom is -0.371 e. The number of rotatable bonds is 4. The Morgan fingerprint density at radius 1 is 1.19 bits per heavy atom. The predicted octanol–water partition coefficient (Wildman–Crippen LogP) is -0.417. The Bertz CT molecular complexity index is 666. The van der Waals surface area contributed by atoms with Crippen LogP contribution < -0.4 is 0 Å². The van der Waals surface area contributed by atoms with Gasteiger partial charge in [0, 0.05) is 32.4 Å². The van der Waals surface area contributed by atoms with Crippen molar-refractivity contribution in [3.63, 3.8) is 0 Å². The van der Waals surface area contributed by atoms with Gasteiger partial charge < -0.3 is 19.2 Å². The summed E-state index contributed by atoms with van der Waals surface area (Å²) in [6.07, 6.45) is 0.281. The Labute approximate surface area is 149 Å². The summed E-state index contributed by atoms with van der Waals surface area (Å²) in [7, 11) is 0. The molecular weight excluding hydrogens is 344 g/mol. The molecule has 0 bridgehead atoms. The van der Waals surface area contributed by atoms with Crippen molar-refractivity contribution >= 4 is 5.91 Å². The molecule has 0 unspecified atom stereocenters. The first-order valence-corrected chi connectivity index (χ1v) is 8.62. The Hall–Kier alpha value is -2.30. The summed E-state index contributed by atoms with van der Waals surface area (Å²) in [4.78, 5) is 35.8. The van der Waals surface area contributed by atoms with Crippen molar-refractivity contribution in [2.24, 2.45) is 0 Å². The van der Waals surface area contributed by atoms with Gasteiger partial charge in [-0.25, -0.2) is 0 Å². The van der Waals surface area contributed by atoms with Gasteiger partial charge in [0.1, 0.15) is 17.9 Å². The molecule has 1 aromatic heterocycles. The monoisotopic (exact) mass is 364 g/mol. The smallest absolute Gasteiger partial charge is 0.294 e. The van der Waals surface area contributed by atoms with Crippen molar-refractivity contribution in [2.75, 3.05) is 39.4 Å². The summed E-state index contributed by atoms with van der Waals surface area (Å²) in [6.45, 7) is 3.18. The van der Waals surface area contributed by atoms with Crippen LogP contribution in [0.2, 0.25) is 0 Å². The topological polar surface area (TPSA) is 107 Å². The number of piperazine rings is 1. The molecule has 4 heterocycles. The number of carbonyl (C=O) groups is 1. The zero-order valence-electron chi connectivity index (χ0n) is 14.1. The van der Waals surface area contributed by atoms with Gasteiger partial charge in [-0.1, -0.05) is 6.07 Å². The van der Waals surface area contributed by atoms with Crippen LogP contribution in [0.15, 0.2) is 24.4 Å². The van der Waals surface area contributed by atoms with E-state index in [1.54, 1.807) is 29.3 Å². The standard InChI is InChI=1S/C16H20N4O6/c21-16(11-3-1-2-4-17-11)19-7-5-18(6-8-19)12-9-24-15-13(26-20(22)23)10-25-14(12)15/h1-4,12-15H,5-10H2/t12-,13-,14+,15+/m0/s1. The highest BCUT2D eigenvalue weighted by atomic mass is 17.0. The van der Waals surface area contributed by atoms with Gasteiger partial charge in [-0.2, -0.15) is 0 Å². The number of pyridine rings is 1. The van der Waals surface area contributed by atoms with E-state index in [0.717, 1.165) is 0 Å². The number of hydrogen-bond donors (Lipinski definition) is 0. The second kappa shape index (κ2) is 7.14. The minimum absolute atomic E-state index is 0.0208. The van der Waals surface area contributed by atoms with Gasteiger partial charge in [-0.3, -0.25) is 14.7 Å². The third-order valence-corrected chi connectivity index (χ3v) is 5.16. The van der Waals surface area contributed by atoms with Gasteiger partial charge in [0.2, 0.25) is 0 Å². The molecule has 3 aliphatic heterocycles. The largest absolute Gasteiger partial charge is 0.371 e. The molecule has 0 aliphatic carbocycles. The number of nitrogens with zero attached hydrogens (tertiary/aromatic N) is 4. The minimum atomic E-state index is -0.797. The van der Waals surface area contributed by atoms with E-state index in [9.17, 15) is 14.9 Å². The molecule has 0 spiro atoms. The molecule has 10 nitrogen and oxygen atoms in total. The molecule has 0 radical (unpaired) electrons. The van der Waals surface area contributed by atoms with Crippen molar-refractivity contribution in [3.05, 3.63) is 40.2 Å². The van der Waals surface area contributed by atoms with Crippen LogP contribution in [0.1, 0.15) is 10.5 Å². The van der Waals surface area contributed by atoms with Crippen LogP contribution in [0.25, 0.3) is 0 Å². The molecule has 1 amide bonds. The molecule has 3 aliphatic rings. The zero-order valence-corrected chi connectivity index (χ0v) is 14.1. The quantitative estimate of drug-likeness (QED) is 0.524. The van der Waals surface area contributed by atoms with Crippen LogP contribution in [0.3, 0.4) is 0 Å². The number of carbonyl (C=O) groups excluding carboxylic acids is 1. The summed E-state index contributed by atoms with van der Waals surface area (Å²) < 4.78 is 11.4. The molecule has 1 aromatic rings. The van der Waals surface area contributed by atoms with Crippen LogP contribution in [0.5, 0.6) is 0 Å². The fourth-order valence-corrected chi connectivity index (χ4v) is 3.87. The van der Waals surface area contributed by atoms with E-state index in [1.165, 1.54) is 0 Å². The predicted molar refractivity (Wildman–Crippen MR) is 86.8 cm³/mol. The van der Waals surface area contributed by atoms with Gasteiger partial charge >= 0.3 is 0 Å². The third-order valence-electron chi connectivity index (χ3n) is 5.16. The first kappa shape index (κ1) is 17.1. The van der Waals surface area contributed by atoms with Gasteiger partial charge in [0.15, 0.2) is 6.10 Å². The highest BCUT2D eigenvalue weighted by Gasteiger charge is 2.51. The summed E-state index contributed by atoms with van der Waals surface area (Å²) in [5.74, 6) is -0.0673. The van der Waals surface area contributed by atoms with Crippen molar-refractivity contribution in [1.29, 1.82) is 0 Å². The second-order valence-electron chi connectivity index (χ2n) is 6.57. The van der Waals surface area contributed by atoms with Crippen LogP contribution in [-0.2, 0) is 14.3 Å². The van der Waals surface area contributed by atoms with E-state index >= 15 is 0 Å². The maximum Gasteiger partial charge on any atom is 0.294 e. The SMILES string of the molecule is O=C(c1ccccn1)N1CCN([C@H]2CO[C@H]3[C@@H]2OC[C@@H]3O[N+](=O)[O-])CC1. The molecular formula is C16H20N4O6. The summed E-state index contributed by atoms with van der Waals surface area (Å²) in [5.41, 5.74) is 0.448. The number of amides is 1. The average Bonchev–Trinajstić information content (AvgIpc) is 3.25. The van der Waals surface area contributed by atoms with E-state index < -0.39 is 17.3 Å². The van der Waals surface area contributed by atoms with Gasteiger partial charge in [0.25, 0.3) is 11.0 Å². The van der Waals surface area contributed by atoms with Crippen LogP contribution >= 0.6 is 0 Å². The lowest BCUT2D eigenvalue weighted by atomic mass is 10.1. The summed E-state index contributed by atoms with van der Waals surface area (Å²) >= 11 is 0. The molecule has 0 saturated carbocycles. The highest BCUT2D eigenvalue weighted by Crippen LogP contribution is 2.32. The van der Waals surface area contributed by atoms with Crippen molar-refractivity contribution in [3.8, 4) is 0 Å². The molecule has 4 rings (SSSR count). The Kier molecular flexibility index (Phi) is 4.70. The molecule has 3 saturated heterocycles. The molecule has 4 atom stereocenters. The Morgan fingerprint density at radius 3 is 2.65 bits per heavy atom. The molecule has 140 valence electrons. The molecule has 26 heavy (non-hydrogen) atoms. The van der Waals surface area contributed by atoms with E-state index in [2.05, 4.69) is 14.7 Å². The first-order chi connectivity index (χ1) is 12.6. The van der Waals surface area contributed by atoms with Crippen LogP contribution in [0, 0.1) is 10.1 Å². The van der Waals surface area contributed by atoms with Crippen molar-refractivity contribution < 1.29 is 24.2 Å². The highest BCUT2D eigenvalue weighted by molar-refractivity contribution is 5.92. The van der Waals surface area contributed by atoms with E-state index in [-0.39, 0.29) is 24.7 Å². The fraction of sp³-hybridized carbons (Fsp3) is 0.625. The second-order valence-corrected chi connectivity index (χ2v) is 6.57. The van der Waals surface area contributed by atoms with Gasteiger partial charge in [-0.05, 0) is 12.1 Å². The lowest BCUT2D eigenvalue weighted by Crippen LogP contribution is -2.55. The maximum absolute atomic E-state index is 12.5. The summed E-state index contributed by atoms with van der Waals surface area (Å²) in [5, 5.41) is 9.77. The van der Waals surface area contributed by atoms with Crippen molar-refractivity contribution in [2.45, 2.75) is 24.4 Å². The van der Waals surface area contributed by atoms with Crippen LogP contribution in [-0.4, -0.2) is 89.5 Å². The van der Waals surface area contributed by atoms with Gasteiger partial charge in [-0.15, -0.1) is 10.1 Å². The normalized spacial score (nSPS) is 31.6. The number of fused-ring (bicyclic) bond motifs is 1. The van der Waals surface area contributed by atoms with E-state index in [4.69, 9.17) is 9.47 Å². The third kappa shape index (κ3) is 3.22. The molecule has 0 aromatic carbocycles. The van der Waals surface area contributed by atoms with Crippen LogP contribution in [0.4, 0.5) is 0 Å². The molecule has 10 heteroatoms. The fourth-order valence-electron chi connectivity index (χ4n) is 3.87. The number of aromatic nitrogens is 1. The Balaban J connectivity index is 1.33. The lowest BCUT2D eigenvalue weighted by molar-refractivity contribution is -0.769. The average molecular weight is 364 g/mol. The number of ether oxygens (including phenoxy) is 2. The maximum atomic E-state index is 12.5. The Morgan fingerprint density at radius 2 is 1.96 bits per heavy atom. The summed E-state index contributed by atoms with van der Waals surface area (Å²) in [6, 6.07) is 5.31. The molecule has 3 fully saturated rings. The van der Waals surface area contributed by atoms with Gasteiger partial charge in [0.05, 0.1) is 19.3 Å². The zero-order chi connectivity index (χ0) is 18.1.